The number of hydrogen-bond acceptors (Lipinski definition) is 5. The molecule has 2 heterocycles. The van der Waals surface area contributed by atoms with Crippen LogP contribution in [0.5, 0.6) is 0 Å². The molecule has 0 saturated carbocycles. The number of ether oxygens (including phenoxy) is 1. The van der Waals surface area contributed by atoms with Crippen LogP contribution in [0.2, 0.25) is 0 Å². The molecule has 1 aromatic carbocycles. The van der Waals surface area contributed by atoms with Crippen molar-refractivity contribution in [2.24, 2.45) is 0 Å². The summed E-state index contributed by atoms with van der Waals surface area (Å²) in [6.07, 6.45) is -2.79. The molecule has 8 heteroatoms. The van der Waals surface area contributed by atoms with Gasteiger partial charge in [-0.3, -0.25) is 4.98 Å². The molecule has 0 radical (unpaired) electrons. The van der Waals surface area contributed by atoms with E-state index < -0.39 is 17.7 Å². The molecule has 0 spiro atoms. The number of rotatable bonds is 4. The Morgan fingerprint density at radius 1 is 1.15 bits per heavy atom. The fraction of sp³-hybridized carbons (Fsp3) is 0.167. The summed E-state index contributed by atoms with van der Waals surface area (Å²) >= 11 is 1.08. The molecular weight excluding hydrogens is 365 g/mol. The van der Waals surface area contributed by atoms with Crippen LogP contribution in [0.4, 0.5) is 13.2 Å². The molecule has 3 aromatic rings. The van der Waals surface area contributed by atoms with Crippen LogP contribution >= 0.6 is 11.3 Å². The summed E-state index contributed by atoms with van der Waals surface area (Å²) in [5, 5.41) is 0.459. The molecule has 3 rings (SSSR count). The molecule has 0 aliphatic heterocycles. The lowest BCUT2D eigenvalue weighted by molar-refractivity contribution is -0.137. The molecule has 0 saturated heterocycles. The molecule has 26 heavy (non-hydrogen) atoms. The van der Waals surface area contributed by atoms with Crippen LogP contribution in [-0.4, -0.2) is 15.9 Å². The number of aryl methyl sites for hydroxylation is 1. The fourth-order valence-corrected chi connectivity index (χ4v) is 3.17. The third kappa shape index (κ3) is 4.08. The van der Waals surface area contributed by atoms with Crippen LogP contribution < -0.4 is 0 Å². The van der Waals surface area contributed by atoms with Gasteiger partial charge < -0.3 is 4.74 Å². The predicted octanol–water partition coefficient (Wildman–Crippen LogP) is 4.89. The van der Waals surface area contributed by atoms with Crippen molar-refractivity contribution in [3.8, 4) is 10.6 Å². The van der Waals surface area contributed by atoms with Gasteiger partial charge in [-0.1, -0.05) is 18.2 Å². The molecule has 0 N–H and O–H groups in total. The molecule has 2 aromatic heterocycles. The van der Waals surface area contributed by atoms with Gasteiger partial charge in [-0.2, -0.15) is 13.2 Å². The first kappa shape index (κ1) is 18.1. The van der Waals surface area contributed by atoms with Gasteiger partial charge in [0, 0.05) is 11.8 Å². The van der Waals surface area contributed by atoms with Gasteiger partial charge >= 0.3 is 12.1 Å². The SMILES string of the molecule is Cc1nc(-c2ccc(C(F)(F)F)cc2)sc1C(=O)OCc1ccccn1. The molecule has 0 aliphatic rings. The summed E-state index contributed by atoms with van der Waals surface area (Å²) in [6, 6.07) is 9.94. The second kappa shape index (κ2) is 7.25. The molecule has 0 bridgehead atoms. The molecule has 0 unspecified atom stereocenters. The van der Waals surface area contributed by atoms with E-state index in [0.29, 0.717) is 26.8 Å². The summed E-state index contributed by atoms with van der Waals surface area (Å²) in [5.41, 5.74) is 0.862. The Labute approximate surface area is 151 Å². The molecular formula is C18H13F3N2O2S. The molecule has 0 atom stereocenters. The lowest BCUT2D eigenvalue weighted by Gasteiger charge is -2.06. The number of thiazole rings is 1. The highest BCUT2D eigenvalue weighted by Crippen LogP contribution is 2.33. The quantitative estimate of drug-likeness (QED) is 0.607. The zero-order valence-electron chi connectivity index (χ0n) is 13.6. The minimum absolute atomic E-state index is 0.0344. The van der Waals surface area contributed by atoms with Crippen LogP contribution in [0.25, 0.3) is 10.6 Å². The molecule has 0 aliphatic carbocycles. The number of nitrogens with zero attached hydrogens (tertiary/aromatic N) is 2. The van der Waals surface area contributed by atoms with Crippen LogP contribution in [0.3, 0.4) is 0 Å². The van der Waals surface area contributed by atoms with E-state index in [2.05, 4.69) is 9.97 Å². The van der Waals surface area contributed by atoms with Crippen molar-refractivity contribution in [3.05, 3.63) is 70.5 Å². The smallest absolute Gasteiger partial charge is 0.416 e. The zero-order chi connectivity index (χ0) is 18.7. The Morgan fingerprint density at radius 3 is 2.50 bits per heavy atom. The Kier molecular flexibility index (Phi) is 5.03. The number of aromatic nitrogens is 2. The Morgan fingerprint density at radius 2 is 1.88 bits per heavy atom. The Balaban J connectivity index is 1.75. The van der Waals surface area contributed by atoms with E-state index >= 15 is 0 Å². The third-order valence-corrected chi connectivity index (χ3v) is 4.71. The lowest BCUT2D eigenvalue weighted by atomic mass is 10.1. The maximum atomic E-state index is 12.6. The standard InChI is InChI=1S/C18H13F3N2O2S/c1-11-15(17(24)25-10-14-4-2-3-9-22-14)26-16(23-11)12-5-7-13(8-6-12)18(19,20)21/h2-9H,10H2,1H3. The van der Waals surface area contributed by atoms with Gasteiger partial charge in [-0.25, -0.2) is 9.78 Å². The number of esters is 1. The van der Waals surface area contributed by atoms with Crippen LogP contribution in [0, 0.1) is 6.92 Å². The summed E-state index contributed by atoms with van der Waals surface area (Å²) in [5.74, 6) is -0.538. The van der Waals surface area contributed by atoms with E-state index in [1.165, 1.54) is 12.1 Å². The minimum atomic E-state index is -4.39. The normalized spacial score (nSPS) is 11.4. The van der Waals surface area contributed by atoms with Crippen molar-refractivity contribution in [2.75, 3.05) is 0 Å². The van der Waals surface area contributed by atoms with E-state index in [1.54, 1.807) is 31.3 Å². The van der Waals surface area contributed by atoms with Crippen LogP contribution in [0.1, 0.15) is 26.6 Å². The largest absolute Gasteiger partial charge is 0.455 e. The van der Waals surface area contributed by atoms with Crippen molar-refractivity contribution >= 4 is 17.3 Å². The van der Waals surface area contributed by atoms with Gasteiger partial charge in [-0.15, -0.1) is 11.3 Å². The van der Waals surface area contributed by atoms with Crippen molar-refractivity contribution in [3.63, 3.8) is 0 Å². The molecule has 0 fully saturated rings. The molecule has 0 amide bonds. The van der Waals surface area contributed by atoms with Gasteiger partial charge in [-0.05, 0) is 31.2 Å². The summed E-state index contributed by atoms with van der Waals surface area (Å²) in [4.78, 5) is 20.9. The van der Waals surface area contributed by atoms with Gasteiger partial charge in [0.05, 0.1) is 17.0 Å². The highest BCUT2D eigenvalue weighted by Gasteiger charge is 2.30. The van der Waals surface area contributed by atoms with Crippen LogP contribution in [-0.2, 0) is 17.5 Å². The second-order valence-electron chi connectivity index (χ2n) is 5.41. The Bertz CT molecular complexity index is 906. The monoisotopic (exact) mass is 378 g/mol. The van der Waals surface area contributed by atoms with E-state index in [1.807, 2.05) is 0 Å². The van der Waals surface area contributed by atoms with Crippen molar-refractivity contribution in [2.45, 2.75) is 19.7 Å². The van der Waals surface area contributed by atoms with E-state index in [0.717, 1.165) is 23.5 Å². The summed E-state index contributed by atoms with van der Waals surface area (Å²) < 4.78 is 43.2. The summed E-state index contributed by atoms with van der Waals surface area (Å²) in [7, 11) is 0. The highest BCUT2D eigenvalue weighted by atomic mass is 32.1. The number of carbonyl (C=O) groups is 1. The highest BCUT2D eigenvalue weighted by molar-refractivity contribution is 7.17. The van der Waals surface area contributed by atoms with E-state index in [-0.39, 0.29) is 6.61 Å². The number of halogens is 3. The maximum Gasteiger partial charge on any atom is 0.416 e. The van der Waals surface area contributed by atoms with Crippen molar-refractivity contribution in [1.29, 1.82) is 0 Å². The number of carbonyl (C=O) groups excluding carboxylic acids is 1. The summed E-state index contributed by atoms with van der Waals surface area (Å²) in [6.45, 7) is 1.69. The molecule has 134 valence electrons. The maximum absolute atomic E-state index is 12.6. The fourth-order valence-electron chi connectivity index (χ4n) is 2.20. The average molecular weight is 378 g/mol. The van der Waals surface area contributed by atoms with E-state index in [9.17, 15) is 18.0 Å². The first-order valence-electron chi connectivity index (χ1n) is 7.56. The number of hydrogen-bond donors (Lipinski definition) is 0. The van der Waals surface area contributed by atoms with Crippen molar-refractivity contribution in [1.82, 2.24) is 9.97 Å². The topological polar surface area (TPSA) is 52.1 Å². The molecule has 4 nitrogen and oxygen atoms in total. The second-order valence-corrected chi connectivity index (χ2v) is 6.40. The van der Waals surface area contributed by atoms with Gasteiger partial charge in [0.2, 0.25) is 0 Å². The van der Waals surface area contributed by atoms with Gasteiger partial charge in [0.25, 0.3) is 0 Å². The van der Waals surface area contributed by atoms with Crippen LogP contribution in [0.15, 0.2) is 48.7 Å². The van der Waals surface area contributed by atoms with Gasteiger partial charge in [0.15, 0.2) is 0 Å². The van der Waals surface area contributed by atoms with Gasteiger partial charge in [0.1, 0.15) is 16.5 Å². The number of benzene rings is 1. The zero-order valence-corrected chi connectivity index (χ0v) is 14.4. The number of alkyl halides is 3. The number of pyridine rings is 1. The Hall–Kier alpha value is -2.74. The average Bonchev–Trinajstić information content (AvgIpc) is 3.02. The first-order valence-corrected chi connectivity index (χ1v) is 8.38. The van der Waals surface area contributed by atoms with Crippen molar-refractivity contribution < 1.29 is 22.7 Å². The lowest BCUT2D eigenvalue weighted by Crippen LogP contribution is -2.05. The minimum Gasteiger partial charge on any atom is -0.455 e. The third-order valence-electron chi connectivity index (χ3n) is 3.52. The predicted molar refractivity (Wildman–Crippen MR) is 90.6 cm³/mol. The van der Waals surface area contributed by atoms with E-state index in [4.69, 9.17) is 4.74 Å². The first-order chi connectivity index (χ1) is 12.3.